The predicted molar refractivity (Wildman–Crippen MR) is 70.5 cm³/mol. The summed E-state index contributed by atoms with van der Waals surface area (Å²) in [4.78, 5) is 4.42. The molecule has 7 heteroatoms. The summed E-state index contributed by atoms with van der Waals surface area (Å²) in [5.41, 5.74) is 0.954. The van der Waals surface area contributed by atoms with Crippen molar-refractivity contribution < 1.29 is 8.42 Å². The highest BCUT2D eigenvalue weighted by Crippen LogP contribution is 2.42. The van der Waals surface area contributed by atoms with Gasteiger partial charge in [0, 0.05) is 17.1 Å². The monoisotopic (exact) mass is 287 g/mol. The van der Waals surface area contributed by atoms with Crippen LogP contribution in [0, 0.1) is 12.8 Å². The van der Waals surface area contributed by atoms with Crippen LogP contribution in [0.25, 0.3) is 0 Å². The number of nitrogens with one attached hydrogen (secondary N) is 2. The van der Waals surface area contributed by atoms with Crippen LogP contribution in [0.4, 0.5) is 0 Å². The first-order valence-corrected chi connectivity index (χ1v) is 8.61. The molecule has 1 atom stereocenters. The first kappa shape index (κ1) is 12.5. The number of thiazole rings is 1. The van der Waals surface area contributed by atoms with Crippen LogP contribution in [0.2, 0.25) is 0 Å². The van der Waals surface area contributed by atoms with Crippen molar-refractivity contribution in [2.75, 3.05) is 0 Å². The molecule has 3 rings (SSSR count). The van der Waals surface area contributed by atoms with E-state index in [2.05, 4.69) is 14.4 Å². The Morgan fingerprint density at radius 2 is 2.11 bits per heavy atom. The first-order valence-electron chi connectivity index (χ1n) is 6.25. The average Bonchev–Trinajstić information content (AvgIpc) is 3.17. The van der Waals surface area contributed by atoms with Gasteiger partial charge in [0.2, 0.25) is 0 Å². The Kier molecular flexibility index (Phi) is 3.17. The zero-order valence-electron chi connectivity index (χ0n) is 10.2. The van der Waals surface area contributed by atoms with Crippen LogP contribution in [-0.2, 0) is 10.2 Å². The third kappa shape index (κ3) is 3.09. The Hall–Kier alpha value is -0.500. The van der Waals surface area contributed by atoms with Crippen molar-refractivity contribution in [2.45, 2.75) is 44.7 Å². The van der Waals surface area contributed by atoms with E-state index in [0.717, 1.165) is 36.4 Å². The van der Waals surface area contributed by atoms with Crippen LogP contribution >= 0.6 is 11.3 Å². The molecule has 2 N–H and O–H groups in total. The van der Waals surface area contributed by atoms with E-state index in [9.17, 15) is 8.42 Å². The lowest BCUT2D eigenvalue weighted by atomic mass is 10.2. The zero-order valence-corrected chi connectivity index (χ0v) is 11.9. The molecular weight excluding hydrogens is 270 g/mol. The van der Waals surface area contributed by atoms with Gasteiger partial charge < -0.3 is 0 Å². The highest BCUT2D eigenvalue weighted by Gasteiger charge is 2.38. The summed E-state index contributed by atoms with van der Waals surface area (Å²) in [7, 11) is -3.39. The van der Waals surface area contributed by atoms with Crippen LogP contribution < -0.4 is 9.44 Å². The second-order valence-electron chi connectivity index (χ2n) is 5.16. The molecule has 2 saturated carbocycles. The number of aryl methyl sites for hydroxylation is 1. The molecule has 100 valence electrons. The van der Waals surface area contributed by atoms with E-state index in [-0.39, 0.29) is 12.1 Å². The Bertz CT molecular complexity index is 532. The Morgan fingerprint density at radius 1 is 1.39 bits per heavy atom. The van der Waals surface area contributed by atoms with Crippen molar-refractivity contribution in [2.24, 2.45) is 5.92 Å². The maximum absolute atomic E-state index is 12.0. The van der Waals surface area contributed by atoms with Gasteiger partial charge >= 0.3 is 0 Å². The summed E-state index contributed by atoms with van der Waals surface area (Å²) >= 11 is 1.54. The Labute approximate surface area is 111 Å². The van der Waals surface area contributed by atoms with Gasteiger partial charge in [-0.1, -0.05) is 0 Å². The molecule has 0 aliphatic heterocycles. The standard InChI is InChI=1S/C11H17N3O2S2/c1-7-6-17-11(12-7)10(8-2-3-8)14-18(15,16)13-9-4-5-9/h6,8-10,13-14H,2-5H2,1H3. The quantitative estimate of drug-likeness (QED) is 0.832. The number of aromatic nitrogens is 1. The molecule has 18 heavy (non-hydrogen) atoms. The van der Waals surface area contributed by atoms with E-state index in [0.29, 0.717) is 5.92 Å². The van der Waals surface area contributed by atoms with E-state index in [1.165, 1.54) is 11.3 Å². The van der Waals surface area contributed by atoms with Gasteiger partial charge in [-0.3, -0.25) is 0 Å². The molecule has 1 aromatic heterocycles. The number of rotatable bonds is 6. The molecule has 1 aromatic rings. The van der Waals surface area contributed by atoms with Gasteiger partial charge in [-0.15, -0.1) is 11.3 Å². The van der Waals surface area contributed by atoms with Crippen molar-refractivity contribution in [1.82, 2.24) is 14.4 Å². The molecule has 0 saturated heterocycles. The average molecular weight is 287 g/mol. The normalized spacial score (nSPS) is 22.1. The van der Waals surface area contributed by atoms with Crippen molar-refractivity contribution in [1.29, 1.82) is 0 Å². The SMILES string of the molecule is Cc1csc(C(NS(=O)(=O)NC2CC2)C2CC2)n1. The summed E-state index contributed by atoms with van der Waals surface area (Å²) in [6, 6.07) is -0.0136. The largest absolute Gasteiger partial charge is 0.277 e. The van der Waals surface area contributed by atoms with E-state index in [4.69, 9.17) is 0 Å². The van der Waals surface area contributed by atoms with Gasteiger partial charge in [0.05, 0.1) is 6.04 Å². The summed E-state index contributed by atoms with van der Waals surface area (Å²) in [5.74, 6) is 0.409. The third-order valence-corrected chi connectivity index (χ3v) is 5.43. The topological polar surface area (TPSA) is 71.1 Å². The maximum Gasteiger partial charge on any atom is 0.277 e. The van der Waals surface area contributed by atoms with Crippen LogP contribution in [0.15, 0.2) is 5.38 Å². The van der Waals surface area contributed by atoms with Crippen LogP contribution in [-0.4, -0.2) is 19.4 Å². The summed E-state index contributed by atoms with van der Waals surface area (Å²) in [5, 5.41) is 2.85. The smallest absolute Gasteiger partial charge is 0.245 e. The second-order valence-corrected chi connectivity index (χ2v) is 7.52. The van der Waals surface area contributed by atoms with E-state index < -0.39 is 10.2 Å². The minimum absolute atomic E-state index is 0.139. The van der Waals surface area contributed by atoms with Gasteiger partial charge in [-0.25, -0.2) is 4.98 Å². The van der Waals surface area contributed by atoms with E-state index in [1.54, 1.807) is 0 Å². The van der Waals surface area contributed by atoms with Crippen LogP contribution in [0.5, 0.6) is 0 Å². The Morgan fingerprint density at radius 3 is 2.61 bits per heavy atom. The molecule has 0 bridgehead atoms. The van der Waals surface area contributed by atoms with E-state index in [1.807, 2.05) is 12.3 Å². The highest BCUT2D eigenvalue weighted by atomic mass is 32.2. The van der Waals surface area contributed by atoms with Crippen LogP contribution in [0.3, 0.4) is 0 Å². The molecule has 1 heterocycles. The minimum atomic E-state index is -3.39. The molecule has 0 radical (unpaired) electrons. The number of hydrogen-bond donors (Lipinski definition) is 2. The molecule has 2 aliphatic carbocycles. The van der Waals surface area contributed by atoms with Gasteiger partial charge in [-0.2, -0.15) is 17.9 Å². The first-order chi connectivity index (χ1) is 8.53. The zero-order chi connectivity index (χ0) is 12.8. The molecule has 0 aromatic carbocycles. The van der Waals surface area contributed by atoms with Gasteiger partial charge in [0.1, 0.15) is 5.01 Å². The third-order valence-electron chi connectivity index (χ3n) is 3.18. The van der Waals surface area contributed by atoms with Crippen molar-refractivity contribution >= 4 is 21.5 Å². The molecule has 2 aliphatic rings. The predicted octanol–water partition coefficient (Wildman–Crippen LogP) is 1.49. The van der Waals surface area contributed by atoms with E-state index >= 15 is 0 Å². The van der Waals surface area contributed by atoms with Crippen molar-refractivity contribution in [3.63, 3.8) is 0 Å². The lowest BCUT2D eigenvalue weighted by Crippen LogP contribution is -2.40. The van der Waals surface area contributed by atoms with Crippen LogP contribution in [0.1, 0.15) is 42.4 Å². The van der Waals surface area contributed by atoms with Crippen molar-refractivity contribution in [3.8, 4) is 0 Å². The fraction of sp³-hybridized carbons (Fsp3) is 0.727. The lowest BCUT2D eigenvalue weighted by molar-refractivity contribution is 0.516. The molecule has 1 unspecified atom stereocenters. The highest BCUT2D eigenvalue weighted by molar-refractivity contribution is 7.87. The molecule has 2 fully saturated rings. The molecule has 0 spiro atoms. The van der Waals surface area contributed by atoms with Gasteiger partial charge in [-0.05, 0) is 38.5 Å². The van der Waals surface area contributed by atoms with Gasteiger partial charge in [0.25, 0.3) is 10.2 Å². The maximum atomic E-state index is 12.0. The summed E-state index contributed by atoms with van der Waals surface area (Å²) < 4.78 is 29.3. The van der Waals surface area contributed by atoms with Crippen molar-refractivity contribution in [3.05, 3.63) is 16.1 Å². The molecular formula is C11H17N3O2S2. The fourth-order valence-corrected chi connectivity index (χ4v) is 4.31. The molecule has 0 amide bonds. The lowest BCUT2D eigenvalue weighted by Gasteiger charge is -2.16. The second kappa shape index (κ2) is 4.56. The summed E-state index contributed by atoms with van der Waals surface area (Å²) in [6.45, 7) is 1.93. The Balaban J connectivity index is 1.73. The van der Waals surface area contributed by atoms with Gasteiger partial charge in [0.15, 0.2) is 0 Å². The molecule has 5 nitrogen and oxygen atoms in total. The summed E-state index contributed by atoms with van der Waals surface area (Å²) in [6.07, 6.45) is 4.06. The minimum Gasteiger partial charge on any atom is -0.245 e. The fourth-order valence-electron chi connectivity index (χ4n) is 1.91. The number of nitrogens with zero attached hydrogens (tertiary/aromatic N) is 1. The number of hydrogen-bond acceptors (Lipinski definition) is 4.